The van der Waals surface area contributed by atoms with Gasteiger partial charge in [-0.3, -0.25) is 4.79 Å². The Kier molecular flexibility index (Phi) is 5.70. The van der Waals surface area contributed by atoms with E-state index in [9.17, 15) is 14.4 Å². The van der Waals surface area contributed by atoms with Crippen LogP contribution < -0.4 is 11.1 Å². The van der Waals surface area contributed by atoms with Crippen LogP contribution in [0.1, 0.15) is 33.6 Å². The van der Waals surface area contributed by atoms with E-state index in [1.807, 2.05) is 25.1 Å². The van der Waals surface area contributed by atoms with E-state index >= 15 is 0 Å². The van der Waals surface area contributed by atoms with Crippen LogP contribution in [0.2, 0.25) is 0 Å². The molecule has 142 valence electrons. The maximum atomic E-state index is 13.1. The lowest BCUT2D eigenvalue weighted by Gasteiger charge is -2.05. The van der Waals surface area contributed by atoms with Crippen LogP contribution in [0, 0.1) is 24.1 Å². The van der Waals surface area contributed by atoms with Gasteiger partial charge in [-0.05, 0) is 56.2 Å². The minimum atomic E-state index is -0.362. The molecule has 28 heavy (non-hydrogen) atoms. The molecule has 0 atom stereocenters. The molecule has 0 aliphatic heterocycles. The van der Waals surface area contributed by atoms with E-state index in [1.54, 1.807) is 18.2 Å². The summed E-state index contributed by atoms with van der Waals surface area (Å²) in [7, 11) is 0. The van der Waals surface area contributed by atoms with E-state index < -0.39 is 0 Å². The van der Waals surface area contributed by atoms with Gasteiger partial charge in [-0.1, -0.05) is 17.7 Å². The molecule has 0 bridgehead atoms. The predicted octanol–water partition coefficient (Wildman–Crippen LogP) is 3.14. The second kappa shape index (κ2) is 8.35. The molecule has 1 amide bonds. The summed E-state index contributed by atoms with van der Waals surface area (Å²) >= 11 is 0. The topological polar surface area (TPSA) is 96.7 Å². The monoisotopic (exact) mass is 377 g/mol. The number of aryl methyl sites for hydroxylation is 2. The highest BCUT2D eigenvalue weighted by molar-refractivity contribution is 5.94. The molecule has 0 aliphatic carbocycles. The number of hydrogen-bond acceptors (Lipinski definition) is 4. The minimum Gasteiger partial charge on any atom is -0.382 e. The molecule has 0 spiro atoms. The highest BCUT2D eigenvalue weighted by atomic mass is 19.1. The van der Waals surface area contributed by atoms with Crippen LogP contribution in [-0.4, -0.2) is 22.2 Å². The number of carbonyl (C=O) groups excluding carboxylic acids is 1. The lowest BCUT2D eigenvalue weighted by atomic mass is 10.1. The van der Waals surface area contributed by atoms with Crippen LogP contribution in [0.4, 0.5) is 10.2 Å². The smallest absolute Gasteiger partial charge is 0.251 e. The van der Waals surface area contributed by atoms with Crippen molar-refractivity contribution in [3.63, 3.8) is 0 Å². The molecule has 0 radical (unpaired) electrons. The van der Waals surface area contributed by atoms with Gasteiger partial charge in [-0.2, -0.15) is 10.4 Å². The van der Waals surface area contributed by atoms with Gasteiger partial charge in [0.15, 0.2) is 0 Å². The maximum Gasteiger partial charge on any atom is 0.251 e. The average molecular weight is 377 g/mol. The molecule has 3 aromatic rings. The van der Waals surface area contributed by atoms with Crippen molar-refractivity contribution in [1.82, 2.24) is 15.1 Å². The Labute approximate surface area is 162 Å². The maximum absolute atomic E-state index is 13.1. The number of halogens is 1. The molecule has 0 unspecified atom stereocenters. The molecule has 1 heterocycles. The SMILES string of the molecule is Cc1cccc(C(=O)NCCCc2nn(-c3ccc(F)cc3)c(N)c2C#N)c1. The molecule has 0 saturated heterocycles. The summed E-state index contributed by atoms with van der Waals surface area (Å²) < 4.78 is 14.6. The highest BCUT2D eigenvalue weighted by Crippen LogP contribution is 2.21. The Hall–Kier alpha value is -3.66. The first-order valence-corrected chi connectivity index (χ1v) is 8.88. The minimum absolute atomic E-state index is 0.138. The largest absolute Gasteiger partial charge is 0.382 e. The molecule has 3 rings (SSSR count). The van der Waals surface area contributed by atoms with Crippen LogP contribution >= 0.6 is 0 Å². The second-order valence-electron chi connectivity index (χ2n) is 6.44. The van der Waals surface area contributed by atoms with Gasteiger partial charge in [0.05, 0.1) is 11.4 Å². The van der Waals surface area contributed by atoms with Gasteiger partial charge in [0.1, 0.15) is 23.3 Å². The molecule has 6 nitrogen and oxygen atoms in total. The Bertz CT molecular complexity index is 1030. The van der Waals surface area contributed by atoms with Crippen LogP contribution in [0.15, 0.2) is 48.5 Å². The lowest BCUT2D eigenvalue weighted by Crippen LogP contribution is -2.24. The summed E-state index contributed by atoms with van der Waals surface area (Å²) in [4.78, 5) is 12.2. The Balaban J connectivity index is 1.64. The van der Waals surface area contributed by atoms with E-state index in [0.717, 1.165) is 5.56 Å². The number of nitrogen functional groups attached to an aromatic ring is 1. The standard InChI is InChI=1S/C21H20FN5O/c1-14-4-2-5-15(12-14)21(28)25-11-3-6-19-18(13-23)20(24)27(26-19)17-9-7-16(22)8-10-17/h2,4-5,7-10,12H,3,6,11,24H2,1H3,(H,25,28). The highest BCUT2D eigenvalue weighted by Gasteiger charge is 2.16. The van der Waals surface area contributed by atoms with E-state index in [0.29, 0.717) is 41.9 Å². The lowest BCUT2D eigenvalue weighted by molar-refractivity contribution is 0.0953. The van der Waals surface area contributed by atoms with Gasteiger partial charge in [-0.15, -0.1) is 0 Å². The summed E-state index contributed by atoms with van der Waals surface area (Å²) in [5.41, 5.74) is 9.11. The molecule has 7 heteroatoms. The Morgan fingerprint density at radius 3 is 2.71 bits per heavy atom. The van der Waals surface area contributed by atoms with Gasteiger partial charge in [0.2, 0.25) is 0 Å². The number of anilines is 1. The molecule has 3 N–H and O–H groups in total. The third-order valence-corrected chi connectivity index (χ3v) is 4.33. The quantitative estimate of drug-likeness (QED) is 0.645. The fraction of sp³-hybridized carbons (Fsp3) is 0.190. The first-order chi connectivity index (χ1) is 13.5. The summed E-state index contributed by atoms with van der Waals surface area (Å²) in [5, 5.41) is 16.7. The molecule has 0 fully saturated rings. The average Bonchev–Trinajstić information content (AvgIpc) is 3.01. The van der Waals surface area contributed by atoms with E-state index in [1.165, 1.54) is 16.8 Å². The predicted molar refractivity (Wildman–Crippen MR) is 104 cm³/mol. The van der Waals surface area contributed by atoms with Crippen LogP contribution in [-0.2, 0) is 6.42 Å². The Morgan fingerprint density at radius 2 is 2.04 bits per heavy atom. The van der Waals surface area contributed by atoms with E-state index in [2.05, 4.69) is 16.5 Å². The summed E-state index contributed by atoms with van der Waals surface area (Å²) in [6, 6.07) is 15.2. The number of nitrogens with two attached hydrogens (primary N) is 1. The van der Waals surface area contributed by atoms with Crippen molar-refractivity contribution in [2.45, 2.75) is 19.8 Å². The number of benzene rings is 2. The van der Waals surface area contributed by atoms with Crippen molar-refractivity contribution in [3.8, 4) is 11.8 Å². The number of nitrogens with zero attached hydrogens (tertiary/aromatic N) is 3. The number of hydrogen-bond donors (Lipinski definition) is 2. The third kappa shape index (κ3) is 4.18. The summed E-state index contributed by atoms with van der Waals surface area (Å²) in [5.74, 6) is -0.284. The zero-order chi connectivity index (χ0) is 20.1. The van der Waals surface area contributed by atoms with Crippen molar-refractivity contribution in [2.24, 2.45) is 0 Å². The van der Waals surface area contributed by atoms with Crippen molar-refractivity contribution in [2.75, 3.05) is 12.3 Å². The van der Waals surface area contributed by atoms with Crippen molar-refractivity contribution in [1.29, 1.82) is 5.26 Å². The van der Waals surface area contributed by atoms with Gasteiger partial charge in [-0.25, -0.2) is 9.07 Å². The number of rotatable bonds is 6. The number of nitrogens with one attached hydrogen (secondary N) is 1. The zero-order valence-corrected chi connectivity index (χ0v) is 15.4. The van der Waals surface area contributed by atoms with Crippen molar-refractivity contribution in [3.05, 3.63) is 76.7 Å². The van der Waals surface area contributed by atoms with Gasteiger partial charge >= 0.3 is 0 Å². The van der Waals surface area contributed by atoms with E-state index in [-0.39, 0.29) is 17.5 Å². The van der Waals surface area contributed by atoms with Crippen molar-refractivity contribution >= 4 is 11.7 Å². The number of amides is 1. The van der Waals surface area contributed by atoms with Crippen molar-refractivity contribution < 1.29 is 9.18 Å². The Morgan fingerprint density at radius 1 is 1.29 bits per heavy atom. The van der Waals surface area contributed by atoms with Gasteiger partial charge < -0.3 is 11.1 Å². The van der Waals surface area contributed by atoms with Gasteiger partial charge in [0.25, 0.3) is 5.91 Å². The summed E-state index contributed by atoms with van der Waals surface area (Å²) in [6.07, 6.45) is 1.08. The van der Waals surface area contributed by atoms with Gasteiger partial charge in [0, 0.05) is 12.1 Å². The molecule has 1 aromatic heterocycles. The molecule has 0 saturated carbocycles. The fourth-order valence-corrected chi connectivity index (χ4v) is 2.90. The molecular formula is C21H20FN5O. The van der Waals surface area contributed by atoms with E-state index in [4.69, 9.17) is 5.73 Å². The number of aromatic nitrogens is 2. The van der Waals surface area contributed by atoms with Crippen LogP contribution in [0.5, 0.6) is 0 Å². The molecule has 0 aliphatic rings. The first kappa shape index (κ1) is 19.1. The number of nitriles is 1. The fourth-order valence-electron chi connectivity index (χ4n) is 2.90. The molecule has 2 aromatic carbocycles. The number of carbonyl (C=O) groups is 1. The molecular weight excluding hydrogens is 357 g/mol. The van der Waals surface area contributed by atoms with Crippen LogP contribution in [0.3, 0.4) is 0 Å². The normalized spacial score (nSPS) is 10.5. The second-order valence-corrected chi connectivity index (χ2v) is 6.44. The zero-order valence-electron chi connectivity index (χ0n) is 15.4. The third-order valence-electron chi connectivity index (χ3n) is 4.33. The van der Waals surface area contributed by atoms with Crippen LogP contribution in [0.25, 0.3) is 5.69 Å². The summed E-state index contributed by atoms with van der Waals surface area (Å²) in [6.45, 7) is 2.38. The first-order valence-electron chi connectivity index (χ1n) is 8.88.